The van der Waals surface area contributed by atoms with E-state index in [4.69, 9.17) is 5.11 Å². The number of rotatable bonds is 5. The van der Waals surface area contributed by atoms with Crippen LogP contribution in [0.3, 0.4) is 0 Å². The molecule has 0 saturated carbocycles. The molecular weight excluding hydrogens is 204 g/mol. The Hall–Kier alpha value is -1.42. The van der Waals surface area contributed by atoms with Gasteiger partial charge in [-0.05, 0) is 32.0 Å². The Bertz CT molecular complexity index is 366. The molecule has 1 heterocycles. The van der Waals surface area contributed by atoms with Crippen molar-refractivity contribution in [3.63, 3.8) is 0 Å². The first-order chi connectivity index (χ1) is 7.56. The van der Waals surface area contributed by atoms with Gasteiger partial charge >= 0.3 is 5.97 Å². The van der Waals surface area contributed by atoms with Crippen molar-refractivity contribution in [1.82, 2.24) is 9.88 Å². The fraction of sp³-hybridized carbons (Fsp3) is 0.500. The van der Waals surface area contributed by atoms with Crippen LogP contribution in [0.4, 0.5) is 0 Å². The zero-order valence-electron chi connectivity index (χ0n) is 9.97. The average molecular weight is 222 g/mol. The summed E-state index contributed by atoms with van der Waals surface area (Å²) in [5, 5.41) is 8.99. The van der Waals surface area contributed by atoms with Crippen LogP contribution in [-0.4, -0.2) is 34.0 Å². The molecule has 1 rings (SSSR count). The maximum absolute atomic E-state index is 11.0. The highest BCUT2D eigenvalue weighted by atomic mass is 16.4. The van der Waals surface area contributed by atoms with Crippen LogP contribution in [0.5, 0.6) is 0 Å². The largest absolute Gasteiger partial charge is 0.477 e. The number of hydrogen-bond acceptors (Lipinski definition) is 3. The molecule has 16 heavy (non-hydrogen) atoms. The Morgan fingerprint density at radius 2 is 2.31 bits per heavy atom. The monoisotopic (exact) mass is 222 g/mol. The van der Waals surface area contributed by atoms with Crippen molar-refractivity contribution in [3.05, 3.63) is 29.6 Å². The molecule has 4 nitrogen and oxygen atoms in total. The Morgan fingerprint density at radius 3 is 2.88 bits per heavy atom. The van der Waals surface area contributed by atoms with E-state index >= 15 is 0 Å². The summed E-state index contributed by atoms with van der Waals surface area (Å²) in [6.45, 7) is 4.85. The van der Waals surface area contributed by atoms with Crippen molar-refractivity contribution in [3.8, 4) is 0 Å². The number of carboxylic acids is 1. The minimum atomic E-state index is -0.965. The van der Waals surface area contributed by atoms with Gasteiger partial charge in [-0.1, -0.05) is 13.0 Å². The smallest absolute Gasteiger partial charge is 0.354 e. The molecule has 88 valence electrons. The molecule has 1 atom stereocenters. The van der Waals surface area contributed by atoms with Crippen molar-refractivity contribution >= 4 is 5.97 Å². The molecule has 0 bridgehead atoms. The van der Waals surface area contributed by atoms with E-state index in [0.29, 0.717) is 12.6 Å². The van der Waals surface area contributed by atoms with E-state index in [1.165, 1.54) is 6.20 Å². The normalized spacial score (nSPS) is 12.8. The first-order valence-electron chi connectivity index (χ1n) is 5.43. The van der Waals surface area contributed by atoms with E-state index in [0.717, 1.165) is 12.0 Å². The van der Waals surface area contributed by atoms with Crippen molar-refractivity contribution < 1.29 is 9.90 Å². The lowest BCUT2D eigenvalue weighted by molar-refractivity contribution is 0.0687. The molecule has 4 heteroatoms. The van der Waals surface area contributed by atoms with Gasteiger partial charge in [0.05, 0.1) is 0 Å². The van der Waals surface area contributed by atoms with Gasteiger partial charge in [0, 0.05) is 18.8 Å². The van der Waals surface area contributed by atoms with Gasteiger partial charge in [-0.2, -0.15) is 0 Å². The van der Waals surface area contributed by atoms with Crippen LogP contribution in [-0.2, 0) is 6.54 Å². The van der Waals surface area contributed by atoms with Crippen LogP contribution in [0.2, 0.25) is 0 Å². The molecule has 0 aliphatic rings. The number of carbonyl (C=O) groups is 1. The van der Waals surface area contributed by atoms with Crippen LogP contribution < -0.4 is 0 Å². The minimum absolute atomic E-state index is 0.151. The predicted octanol–water partition coefficient (Wildman–Crippen LogP) is 2.01. The summed E-state index contributed by atoms with van der Waals surface area (Å²) in [6, 6.07) is 4.02. The van der Waals surface area contributed by atoms with Crippen molar-refractivity contribution in [1.29, 1.82) is 0 Å². The number of carboxylic acid groups (broad SMARTS) is 1. The summed E-state index contributed by atoms with van der Waals surface area (Å²) in [6.07, 6.45) is 2.55. The highest BCUT2D eigenvalue weighted by Crippen LogP contribution is 2.11. The summed E-state index contributed by atoms with van der Waals surface area (Å²) in [7, 11) is 1.99. The molecule has 1 unspecified atom stereocenters. The third-order valence-electron chi connectivity index (χ3n) is 2.86. The van der Waals surface area contributed by atoms with Crippen molar-refractivity contribution in [2.75, 3.05) is 7.05 Å². The Labute approximate surface area is 95.9 Å². The van der Waals surface area contributed by atoms with Gasteiger partial charge in [-0.15, -0.1) is 0 Å². The number of aromatic nitrogens is 1. The lowest BCUT2D eigenvalue weighted by Gasteiger charge is -2.23. The van der Waals surface area contributed by atoms with Crippen LogP contribution in [0, 0.1) is 0 Å². The maximum atomic E-state index is 11.0. The summed E-state index contributed by atoms with van der Waals surface area (Å²) in [5.41, 5.74) is 0.912. The van der Waals surface area contributed by atoms with Gasteiger partial charge in [0.1, 0.15) is 0 Å². The quantitative estimate of drug-likeness (QED) is 0.828. The Morgan fingerprint density at radius 1 is 1.62 bits per heavy atom. The third-order valence-corrected chi connectivity index (χ3v) is 2.86. The van der Waals surface area contributed by atoms with Crippen molar-refractivity contribution in [2.45, 2.75) is 32.9 Å². The Balaban J connectivity index is 2.84. The van der Waals surface area contributed by atoms with E-state index in [1.54, 1.807) is 6.07 Å². The fourth-order valence-electron chi connectivity index (χ4n) is 1.49. The molecular formula is C12H18N2O2. The van der Waals surface area contributed by atoms with Gasteiger partial charge in [0.2, 0.25) is 0 Å². The molecule has 0 radical (unpaired) electrons. The number of aromatic carboxylic acids is 1. The molecule has 0 amide bonds. The second kappa shape index (κ2) is 5.61. The van der Waals surface area contributed by atoms with Crippen LogP contribution in [0.25, 0.3) is 0 Å². The average Bonchev–Trinajstić information content (AvgIpc) is 2.28. The highest BCUT2D eigenvalue weighted by molar-refractivity contribution is 5.86. The minimum Gasteiger partial charge on any atom is -0.477 e. The Kier molecular flexibility index (Phi) is 4.43. The fourth-order valence-corrected chi connectivity index (χ4v) is 1.49. The number of pyridine rings is 1. The van der Waals surface area contributed by atoms with Crippen LogP contribution in [0.1, 0.15) is 36.3 Å². The van der Waals surface area contributed by atoms with E-state index in [9.17, 15) is 4.79 Å². The first kappa shape index (κ1) is 12.6. The maximum Gasteiger partial charge on any atom is 0.354 e. The zero-order chi connectivity index (χ0) is 12.1. The molecule has 0 fully saturated rings. The second-order valence-corrected chi connectivity index (χ2v) is 3.99. The third kappa shape index (κ3) is 3.03. The number of nitrogens with zero attached hydrogens (tertiary/aromatic N) is 2. The van der Waals surface area contributed by atoms with Gasteiger partial charge in [0.15, 0.2) is 5.69 Å². The van der Waals surface area contributed by atoms with Gasteiger partial charge in [0.25, 0.3) is 0 Å². The van der Waals surface area contributed by atoms with Gasteiger partial charge in [-0.3, -0.25) is 4.90 Å². The van der Waals surface area contributed by atoms with E-state index < -0.39 is 5.97 Å². The summed E-state index contributed by atoms with van der Waals surface area (Å²) < 4.78 is 0. The molecule has 1 N–H and O–H groups in total. The molecule has 1 aromatic heterocycles. The summed E-state index contributed by atoms with van der Waals surface area (Å²) >= 11 is 0. The molecule has 1 aromatic rings. The molecule has 0 aliphatic carbocycles. The highest BCUT2D eigenvalue weighted by Gasteiger charge is 2.14. The predicted molar refractivity (Wildman–Crippen MR) is 62.4 cm³/mol. The molecule has 0 saturated heterocycles. The number of hydrogen-bond donors (Lipinski definition) is 1. The standard InChI is InChI=1S/C12H18N2O2/c1-4-9(2)14(3)8-10-6-5-7-13-11(10)12(15)16/h5-7,9H,4,8H2,1-3H3,(H,15,16). The topological polar surface area (TPSA) is 53.4 Å². The van der Waals surface area contributed by atoms with Crippen molar-refractivity contribution in [2.24, 2.45) is 0 Å². The lowest BCUT2D eigenvalue weighted by Crippen LogP contribution is -2.28. The van der Waals surface area contributed by atoms with Crippen LogP contribution >= 0.6 is 0 Å². The summed E-state index contributed by atoms with van der Waals surface area (Å²) in [5.74, 6) is -0.965. The van der Waals surface area contributed by atoms with Gasteiger partial charge in [-0.25, -0.2) is 9.78 Å². The summed E-state index contributed by atoms with van der Waals surface area (Å²) in [4.78, 5) is 17.0. The zero-order valence-corrected chi connectivity index (χ0v) is 9.97. The van der Waals surface area contributed by atoms with Gasteiger partial charge < -0.3 is 5.11 Å². The first-order valence-corrected chi connectivity index (χ1v) is 5.43. The molecule has 0 aliphatic heterocycles. The van der Waals surface area contributed by atoms with E-state index in [2.05, 4.69) is 23.7 Å². The molecule has 0 spiro atoms. The van der Waals surface area contributed by atoms with E-state index in [-0.39, 0.29) is 5.69 Å². The molecule has 0 aromatic carbocycles. The second-order valence-electron chi connectivity index (χ2n) is 3.99. The van der Waals surface area contributed by atoms with Crippen LogP contribution in [0.15, 0.2) is 18.3 Å². The lowest BCUT2D eigenvalue weighted by atomic mass is 10.1. The van der Waals surface area contributed by atoms with E-state index in [1.807, 2.05) is 13.1 Å². The SMILES string of the molecule is CCC(C)N(C)Cc1cccnc1C(=O)O.